The van der Waals surface area contributed by atoms with Gasteiger partial charge < -0.3 is 15.8 Å². The van der Waals surface area contributed by atoms with E-state index in [-0.39, 0.29) is 12.5 Å². The second kappa shape index (κ2) is 5.11. The van der Waals surface area contributed by atoms with Crippen LogP contribution in [0, 0.1) is 0 Å². The molecule has 0 aromatic carbocycles. The van der Waals surface area contributed by atoms with Gasteiger partial charge in [0.05, 0.1) is 0 Å². The van der Waals surface area contributed by atoms with Crippen molar-refractivity contribution in [2.75, 3.05) is 19.8 Å². The standard InChI is InChI=1S/C8H16N2O2/c9-4-1-5-12-6-8(11)10-7-2-3-7/h7H,1-6,9H2,(H,10,11). The molecule has 0 heterocycles. The van der Waals surface area contributed by atoms with E-state index in [2.05, 4.69) is 5.32 Å². The van der Waals surface area contributed by atoms with Crippen LogP contribution >= 0.6 is 0 Å². The number of nitrogens with one attached hydrogen (secondary N) is 1. The lowest BCUT2D eigenvalue weighted by Crippen LogP contribution is -2.29. The van der Waals surface area contributed by atoms with Gasteiger partial charge in [-0.25, -0.2) is 0 Å². The SMILES string of the molecule is NCCCOCC(=O)NC1CC1. The van der Waals surface area contributed by atoms with Crippen molar-refractivity contribution in [3.63, 3.8) is 0 Å². The van der Waals surface area contributed by atoms with Gasteiger partial charge in [0, 0.05) is 12.6 Å². The van der Waals surface area contributed by atoms with Crippen LogP contribution in [0.3, 0.4) is 0 Å². The van der Waals surface area contributed by atoms with Crippen LogP contribution < -0.4 is 11.1 Å². The first-order chi connectivity index (χ1) is 5.83. The molecule has 1 rings (SSSR count). The van der Waals surface area contributed by atoms with Crippen molar-refractivity contribution >= 4 is 5.91 Å². The molecule has 0 unspecified atom stereocenters. The van der Waals surface area contributed by atoms with E-state index in [0.717, 1.165) is 19.3 Å². The first-order valence-corrected chi connectivity index (χ1v) is 4.40. The maximum atomic E-state index is 11.0. The fraction of sp³-hybridized carbons (Fsp3) is 0.875. The lowest BCUT2D eigenvalue weighted by molar-refractivity contribution is -0.125. The third kappa shape index (κ3) is 4.31. The molecule has 1 amide bonds. The van der Waals surface area contributed by atoms with Crippen LogP contribution in [0.15, 0.2) is 0 Å². The van der Waals surface area contributed by atoms with E-state index >= 15 is 0 Å². The van der Waals surface area contributed by atoms with Crippen molar-refractivity contribution in [2.45, 2.75) is 25.3 Å². The number of amides is 1. The highest BCUT2D eigenvalue weighted by molar-refractivity contribution is 5.77. The minimum absolute atomic E-state index is 0.00507. The Bertz CT molecular complexity index is 146. The summed E-state index contributed by atoms with van der Waals surface area (Å²) in [6.45, 7) is 1.37. The largest absolute Gasteiger partial charge is 0.372 e. The maximum Gasteiger partial charge on any atom is 0.246 e. The van der Waals surface area contributed by atoms with E-state index in [9.17, 15) is 4.79 Å². The molecule has 0 saturated heterocycles. The minimum atomic E-state index is -0.00507. The van der Waals surface area contributed by atoms with E-state index < -0.39 is 0 Å². The van der Waals surface area contributed by atoms with E-state index in [4.69, 9.17) is 10.5 Å². The van der Waals surface area contributed by atoms with Gasteiger partial charge in [-0.3, -0.25) is 4.79 Å². The third-order valence-electron chi connectivity index (χ3n) is 1.67. The predicted octanol–water partition coefficient (Wildman–Crippen LogP) is -0.370. The Morgan fingerprint density at radius 1 is 1.58 bits per heavy atom. The van der Waals surface area contributed by atoms with Crippen molar-refractivity contribution < 1.29 is 9.53 Å². The van der Waals surface area contributed by atoms with Gasteiger partial charge in [-0.15, -0.1) is 0 Å². The van der Waals surface area contributed by atoms with Crippen LogP contribution in [0.25, 0.3) is 0 Å². The highest BCUT2D eigenvalue weighted by atomic mass is 16.5. The summed E-state index contributed by atoms with van der Waals surface area (Å²) in [7, 11) is 0. The average molecular weight is 172 g/mol. The van der Waals surface area contributed by atoms with Crippen LogP contribution in [0.4, 0.5) is 0 Å². The lowest BCUT2D eigenvalue weighted by atomic mass is 10.5. The number of carbonyl (C=O) groups is 1. The summed E-state index contributed by atoms with van der Waals surface area (Å²) >= 11 is 0. The van der Waals surface area contributed by atoms with Gasteiger partial charge in [-0.05, 0) is 25.8 Å². The van der Waals surface area contributed by atoms with Crippen molar-refractivity contribution in [1.29, 1.82) is 0 Å². The monoisotopic (exact) mass is 172 g/mol. The zero-order valence-corrected chi connectivity index (χ0v) is 7.21. The van der Waals surface area contributed by atoms with Gasteiger partial charge >= 0.3 is 0 Å². The molecule has 1 aliphatic rings. The molecular weight excluding hydrogens is 156 g/mol. The Balaban J connectivity index is 1.87. The molecule has 1 fully saturated rings. The number of ether oxygens (including phenoxy) is 1. The molecule has 0 aromatic heterocycles. The molecule has 0 aromatic rings. The summed E-state index contributed by atoms with van der Waals surface area (Å²) in [5.74, 6) is -0.00507. The van der Waals surface area contributed by atoms with E-state index in [1.807, 2.05) is 0 Å². The number of rotatable bonds is 6. The summed E-state index contributed by atoms with van der Waals surface area (Å²) in [4.78, 5) is 11.0. The van der Waals surface area contributed by atoms with Gasteiger partial charge in [0.1, 0.15) is 6.61 Å². The maximum absolute atomic E-state index is 11.0. The summed E-state index contributed by atoms with van der Waals surface area (Å²) in [6.07, 6.45) is 3.06. The van der Waals surface area contributed by atoms with Crippen molar-refractivity contribution in [1.82, 2.24) is 5.32 Å². The molecule has 0 atom stereocenters. The van der Waals surface area contributed by atoms with Crippen LogP contribution in [-0.4, -0.2) is 31.7 Å². The summed E-state index contributed by atoms with van der Waals surface area (Å²) < 4.78 is 5.07. The van der Waals surface area contributed by atoms with Gasteiger partial charge in [-0.2, -0.15) is 0 Å². The minimum Gasteiger partial charge on any atom is -0.372 e. The number of carbonyl (C=O) groups excluding carboxylic acids is 1. The molecule has 4 heteroatoms. The molecule has 0 bridgehead atoms. The van der Waals surface area contributed by atoms with E-state index in [1.165, 1.54) is 0 Å². The fourth-order valence-corrected chi connectivity index (χ4v) is 0.847. The second-order valence-corrected chi connectivity index (χ2v) is 3.04. The quantitative estimate of drug-likeness (QED) is 0.537. The first-order valence-electron chi connectivity index (χ1n) is 4.40. The molecule has 12 heavy (non-hydrogen) atoms. The van der Waals surface area contributed by atoms with E-state index in [0.29, 0.717) is 19.2 Å². The van der Waals surface area contributed by atoms with Crippen molar-refractivity contribution in [3.8, 4) is 0 Å². The molecule has 1 saturated carbocycles. The molecule has 70 valence electrons. The van der Waals surface area contributed by atoms with Gasteiger partial charge in [0.15, 0.2) is 0 Å². The summed E-state index contributed by atoms with van der Waals surface area (Å²) in [5.41, 5.74) is 5.26. The summed E-state index contributed by atoms with van der Waals surface area (Å²) in [6, 6.07) is 0.426. The summed E-state index contributed by atoms with van der Waals surface area (Å²) in [5, 5.41) is 2.84. The average Bonchev–Trinajstić information content (AvgIpc) is 2.82. The zero-order chi connectivity index (χ0) is 8.81. The van der Waals surface area contributed by atoms with Gasteiger partial charge in [0.25, 0.3) is 0 Å². The number of hydrogen-bond acceptors (Lipinski definition) is 3. The Morgan fingerprint density at radius 3 is 2.92 bits per heavy atom. The molecule has 3 N–H and O–H groups in total. The molecular formula is C8H16N2O2. The number of nitrogens with two attached hydrogens (primary N) is 1. The third-order valence-corrected chi connectivity index (χ3v) is 1.67. The predicted molar refractivity (Wildman–Crippen MR) is 45.7 cm³/mol. The fourth-order valence-electron chi connectivity index (χ4n) is 0.847. The van der Waals surface area contributed by atoms with Gasteiger partial charge in [0.2, 0.25) is 5.91 Å². The van der Waals surface area contributed by atoms with Gasteiger partial charge in [-0.1, -0.05) is 0 Å². The van der Waals surface area contributed by atoms with Crippen molar-refractivity contribution in [2.24, 2.45) is 5.73 Å². The molecule has 0 spiro atoms. The first kappa shape index (κ1) is 9.48. The number of hydrogen-bond donors (Lipinski definition) is 2. The molecule has 0 aliphatic heterocycles. The second-order valence-electron chi connectivity index (χ2n) is 3.04. The van der Waals surface area contributed by atoms with E-state index in [1.54, 1.807) is 0 Å². The topological polar surface area (TPSA) is 64.3 Å². The van der Waals surface area contributed by atoms with Crippen LogP contribution in [0.1, 0.15) is 19.3 Å². The Kier molecular flexibility index (Phi) is 4.04. The molecule has 1 aliphatic carbocycles. The zero-order valence-electron chi connectivity index (χ0n) is 7.21. The van der Waals surface area contributed by atoms with Crippen LogP contribution in [-0.2, 0) is 9.53 Å². The van der Waals surface area contributed by atoms with Crippen molar-refractivity contribution in [3.05, 3.63) is 0 Å². The van der Waals surface area contributed by atoms with Crippen LogP contribution in [0.2, 0.25) is 0 Å². The smallest absolute Gasteiger partial charge is 0.246 e. The molecule has 4 nitrogen and oxygen atoms in total. The molecule has 0 radical (unpaired) electrons. The van der Waals surface area contributed by atoms with Crippen LogP contribution in [0.5, 0.6) is 0 Å². The Morgan fingerprint density at radius 2 is 2.33 bits per heavy atom. The highest BCUT2D eigenvalue weighted by Gasteiger charge is 2.22. The Hall–Kier alpha value is -0.610. The Labute approximate surface area is 72.5 Å². The highest BCUT2D eigenvalue weighted by Crippen LogP contribution is 2.18. The lowest BCUT2D eigenvalue weighted by Gasteiger charge is -2.03. The normalized spacial score (nSPS) is 16.1.